The van der Waals surface area contributed by atoms with Crippen molar-refractivity contribution in [1.82, 2.24) is 0 Å². The van der Waals surface area contributed by atoms with Crippen LogP contribution in [0.5, 0.6) is 11.5 Å². The average molecular weight is 315 g/mol. The molecular formula is C17H17NO3S. The standard InChI is InChI=1S/C17H17NO3S/c1-22-16-6-3-2-5-13(16)17(19)18-12-7-8-14-15(11-12)21-10-4-9-20-14/h2-3,5-8,11H,4,9-10H2,1H3,(H,18,19). The highest BCUT2D eigenvalue weighted by molar-refractivity contribution is 7.98. The summed E-state index contributed by atoms with van der Waals surface area (Å²) in [6, 6.07) is 13.0. The highest BCUT2D eigenvalue weighted by atomic mass is 32.2. The van der Waals surface area contributed by atoms with Crippen LogP contribution in [0.15, 0.2) is 47.4 Å². The van der Waals surface area contributed by atoms with E-state index < -0.39 is 0 Å². The number of carbonyl (C=O) groups excluding carboxylic acids is 1. The molecule has 5 heteroatoms. The van der Waals surface area contributed by atoms with Crippen LogP contribution in [0.3, 0.4) is 0 Å². The molecule has 22 heavy (non-hydrogen) atoms. The number of hydrogen-bond acceptors (Lipinski definition) is 4. The summed E-state index contributed by atoms with van der Waals surface area (Å²) in [7, 11) is 0. The summed E-state index contributed by atoms with van der Waals surface area (Å²) in [5.41, 5.74) is 1.37. The van der Waals surface area contributed by atoms with Gasteiger partial charge in [0.05, 0.1) is 18.8 Å². The van der Waals surface area contributed by atoms with E-state index >= 15 is 0 Å². The van der Waals surface area contributed by atoms with Crippen molar-refractivity contribution >= 4 is 23.4 Å². The topological polar surface area (TPSA) is 47.6 Å². The smallest absolute Gasteiger partial charge is 0.256 e. The Morgan fingerprint density at radius 1 is 1.09 bits per heavy atom. The van der Waals surface area contributed by atoms with Gasteiger partial charge in [-0.1, -0.05) is 12.1 Å². The van der Waals surface area contributed by atoms with Gasteiger partial charge in [-0.2, -0.15) is 0 Å². The van der Waals surface area contributed by atoms with Gasteiger partial charge in [-0.25, -0.2) is 0 Å². The van der Waals surface area contributed by atoms with Crippen LogP contribution in [0.25, 0.3) is 0 Å². The molecule has 3 rings (SSSR count). The van der Waals surface area contributed by atoms with E-state index in [0.29, 0.717) is 30.2 Å². The average Bonchev–Trinajstić information content (AvgIpc) is 2.79. The first-order valence-corrected chi connectivity index (χ1v) is 8.34. The Balaban J connectivity index is 1.81. The highest BCUT2D eigenvalue weighted by Gasteiger charge is 2.14. The van der Waals surface area contributed by atoms with E-state index in [1.165, 1.54) is 0 Å². The lowest BCUT2D eigenvalue weighted by Crippen LogP contribution is -2.13. The lowest BCUT2D eigenvalue weighted by molar-refractivity contribution is 0.102. The summed E-state index contributed by atoms with van der Waals surface area (Å²) in [6.45, 7) is 1.28. The first kappa shape index (κ1) is 14.8. The number of ether oxygens (including phenoxy) is 2. The summed E-state index contributed by atoms with van der Waals surface area (Å²) >= 11 is 1.55. The molecule has 0 saturated carbocycles. The molecule has 0 atom stereocenters. The fraction of sp³-hybridized carbons (Fsp3) is 0.235. The first-order chi connectivity index (χ1) is 10.8. The molecule has 0 saturated heterocycles. The van der Waals surface area contributed by atoms with Gasteiger partial charge < -0.3 is 14.8 Å². The normalized spacial score (nSPS) is 13.3. The van der Waals surface area contributed by atoms with Crippen LogP contribution in [0.1, 0.15) is 16.8 Å². The second kappa shape index (κ2) is 6.75. The molecule has 0 spiro atoms. The van der Waals surface area contributed by atoms with E-state index in [4.69, 9.17) is 9.47 Å². The third-order valence-electron chi connectivity index (χ3n) is 3.36. The zero-order chi connectivity index (χ0) is 15.4. The number of thioether (sulfide) groups is 1. The second-order valence-electron chi connectivity index (χ2n) is 4.87. The van der Waals surface area contributed by atoms with Crippen LogP contribution in [0.2, 0.25) is 0 Å². The first-order valence-electron chi connectivity index (χ1n) is 7.12. The lowest BCUT2D eigenvalue weighted by atomic mass is 10.2. The minimum absolute atomic E-state index is 0.126. The number of anilines is 1. The van der Waals surface area contributed by atoms with Gasteiger partial charge in [0.25, 0.3) is 5.91 Å². The summed E-state index contributed by atoms with van der Waals surface area (Å²) < 4.78 is 11.2. The molecule has 2 aromatic carbocycles. The van der Waals surface area contributed by atoms with Crippen LogP contribution in [0, 0.1) is 0 Å². The van der Waals surface area contributed by atoms with Crippen molar-refractivity contribution in [2.75, 3.05) is 24.8 Å². The van der Waals surface area contributed by atoms with Crippen LogP contribution >= 0.6 is 11.8 Å². The van der Waals surface area contributed by atoms with Crippen molar-refractivity contribution in [3.63, 3.8) is 0 Å². The zero-order valence-corrected chi connectivity index (χ0v) is 13.1. The summed E-state index contributed by atoms with van der Waals surface area (Å²) in [4.78, 5) is 13.4. The van der Waals surface area contributed by atoms with Crippen molar-refractivity contribution in [1.29, 1.82) is 0 Å². The van der Waals surface area contributed by atoms with Gasteiger partial charge in [-0.3, -0.25) is 4.79 Å². The predicted molar refractivity (Wildman–Crippen MR) is 88.2 cm³/mol. The Labute approximate surface area is 133 Å². The monoisotopic (exact) mass is 315 g/mol. The molecule has 0 fully saturated rings. The molecule has 0 radical (unpaired) electrons. The highest BCUT2D eigenvalue weighted by Crippen LogP contribution is 2.32. The van der Waals surface area contributed by atoms with Gasteiger partial charge in [-0.15, -0.1) is 11.8 Å². The molecule has 2 aromatic rings. The number of benzene rings is 2. The molecule has 1 N–H and O–H groups in total. The summed E-state index contributed by atoms with van der Waals surface area (Å²) in [6.07, 6.45) is 2.82. The van der Waals surface area contributed by atoms with Crippen LogP contribution in [-0.4, -0.2) is 25.4 Å². The molecular weight excluding hydrogens is 298 g/mol. The van der Waals surface area contributed by atoms with Gasteiger partial charge in [0.15, 0.2) is 11.5 Å². The molecule has 0 aromatic heterocycles. The van der Waals surface area contributed by atoms with Gasteiger partial charge in [0.1, 0.15) is 0 Å². The largest absolute Gasteiger partial charge is 0.490 e. The van der Waals surface area contributed by atoms with Crippen LogP contribution < -0.4 is 14.8 Å². The molecule has 1 aliphatic heterocycles. The van der Waals surface area contributed by atoms with E-state index in [9.17, 15) is 4.79 Å². The van der Waals surface area contributed by atoms with E-state index in [1.54, 1.807) is 17.8 Å². The number of rotatable bonds is 3. The number of carbonyl (C=O) groups is 1. The molecule has 1 heterocycles. The number of hydrogen-bond donors (Lipinski definition) is 1. The lowest BCUT2D eigenvalue weighted by Gasteiger charge is -2.11. The SMILES string of the molecule is CSc1ccccc1C(=O)Nc1ccc2c(c1)OCCCO2. The quantitative estimate of drug-likeness (QED) is 0.875. The maximum absolute atomic E-state index is 12.4. The summed E-state index contributed by atoms with van der Waals surface area (Å²) in [5, 5.41) is 2.92. The van der Waals surface area contributed by atoms with Gasteiger partial charge >= 0.3 is 0 Å². The zero-order valence-electron chi connectivity index (χ0n) is 12.3. The van der Waals surface area contributed by atoms with E-state index in [0.717, 1.165) is 17.1 Å². The predicted octanol–water partition coefficient (Wildman–Crippen LogP) is 3.82. The van der Waals surface area contributed by atoms with Gasteiger partial charge in [0.2, 0.25) is 0 Å². The van der Waals surface area contributed by atoms with Crippen LogP contribution in [0.4, 0.5) is 5.69 Å². The Morgan fingerprint density at radius 3 is 2.68 bits per heavy atom. The van der Waals surface area contributed by atoms with Crippen molar-refractivity contribution in [3.8, 4) is 11.5 Å². The van der Waals surface area contributed by atoms with Crippen molar-refractivity contribution < 1.29 is 14.3 Å². The fourth-order valence-corrected chi connectivity index (χ4v) is 2.87. The Morgan fingerprint density at radius 2 is 1.86 bits per heavy atom. The molecule has 1 amide bonds. The minimum atomic E-state index is -0.126. The third-order valence-corrected chi connectivity index (χ3v) is 4.15. The van der Waals surface area contributed by atoms with E-state index in [2.05, 4.69) is 5.32 Å². The maximum Gasteiger partial charge on any atom is 0.256 e. The van der Waals surface area contributed by atoms with Gasteiger partial charge in [-0.05, 0) is 30.5 Å². The molecule has 1 aliphatic rings. The maximum atomic E-state index is 12.4. The number of nitrogens with one attached hydrogen (secondary N) is 1. The van der Waals surface area contributed by atoms with E-state index in [-0.39, 0.29) is 5.91 Å². The molecule has 0 unspecified atom stereocenters. The Hall–Kier alpha value is -2.14. The van der Waals surface area contributed by atoms with Crippen molar-refractivity contribution in [2.24, 2.45) is 0 Å². The van der Waals surface area contributed by atoms with Crippen LogP contribution in [-0.2, 0) is 0 Å². The van der Waals surface area contributed by atoms with E-state index in [1.807, 2.05) is 42.7 Å². The number of amides is 1. The molecule has 4 nitrogen and oxygen atoms in total. The molecule has 0 aliphatic carbocycles. The third kappa shape index (κ3) is 3.20. The Bertz CT molecular complexity index is 687. The van der Waals surface area contributed by atoms with Gasteiger partial charge in [0, 0.05) is 23.1 Å². The van der Waals surface area contributed by atoms with Crippen molar-refractivity contribution in [3.05, 3.63) is 48.0 Å². The molecule has 114 valence electrons. The number of fused-ring (bicyclic) bond motifs is 1. The Kier molecular flexibility index (Phi) is 4.53. The minimum Gasteiger partial charge on any atom is -0.490 e. The fourth-order valence-electron chi connectivity index (χ4n) is 2.27. The van der Waals surface area contributed by atoms with Crippen molar-refractivity contribution in [2.45, 2.75) is 11.3 Å². The summed E-state index contributed by atoms with van der Waals surface area (Å²) in [5.74, 6) is 1.27. The molecule has 0 bridgehead atoms. The second-order valence-corrected chi connectivity index (χ2v) is 5.71.